The molecular formula is C14H20ClNO. The second-order valence-corrected chi connectivity index (χ2v) is 5.20. The van der Waals surface area contributed by atoms with Gasteiger partial charge in [-0.3, -0.25) is 0 Å². The van der Waals surface area contributed by atoms with Gasteiger partial charge in [0, 0.05) is 5.02 Å². The Labute approximate surface area is 108 Å². The fourth-order valence-electron chi connectivity index (χ4n) is 2.28. The molecule has 0 amide bonds. The zero-order valence-corrected chi connectivity index (χ0v) is 11.1. The number of nitrogens with one attached hydrogen (secondary N) is 1. The van der Waals surface area contributed by atoms with Gasteiger partial charge in [-0.15, -0.1) is 0 Å². The third kappa shape index (κ3) is 3.90. The molecule has 1 aliphatic rings. The van der Waals surface area contributed by atoms with Gasteiger partial charge in [0.05, 0.1) is 6.61 Å². The molecule has 2 rings (SSSR count). The highest BCUT2D eigenvalue weighted by Crippen LogP contribution is 2.22. The molecule has 0 saturated carbocycles. The molecule has 0 spiro atoms. The lowest BCUT2D eigenvalue weighted by Gasteiger charge is -2.22. The molecule has 1 aromatic rings. The van der Waals surface area contributed by atoms with Gasteiger partial charge >= 0.3 is 0 Å². The fourth-order valence-corrected chi connectivity index (χ4v) is 2.51. The zero-order chi connectivity index (χ0) is 12.1. The van der Waals surface area contributed by atoms with Crippen LogP contribution in [0, 0.1) is 12.8 Å². The molecule has 0 bridgehead atoms. The molecular weight excluding hydrogens is 234 g/mol. The van der Waals surface area contributed by atoms with Crippen molar-refractivity contribution in [2.75, 3.05) is 19.7 Å². The highest BCUT2D eigenvalue weighted by molar-refractivity contribution is 6.30. The lowest BCUT2D eigenvalue weighted by Crippen LogP contribution is -2.30. The Balaban J connectivity index is 1.77. The van der Waals surface area contributed by atoms with E-state index in [4.69, 9.17) is 16.3 Å². The molecule has 1 aliphatic heterocycles. The molecule has 1 aromatic carbocycles. The number of rotatable bonds is 4. The van der Waals surface area contributed by atoms with Gasteiger partial charge in [-0.05, 0) is 69.0 Å². The van der Waals surface area contributed by atoms with Gasteiger partial charge in [0.1, 0.15) is 5.75 Å². The quantitative estimate of drug-likeness (QED) is 0.888. The maximum atomic E-state index is 5.91. The first kappa shape index (κ1) is 12.7. The predicted octanol–water partition coefficient (Wildman–Crippen LogP) is 3.42. The number of piperidine rings is 1. The van der Waals surface area contributed by atoms with Crippen LogP contribution >= 0.6 is 11.6 Å². The number of halogens is 1. The summed E-state index contributed by atoms with van der Waals surface area (Å²) in [6.07, 6.45) is 3.76. The normalized spacial score (nSPS) is 20.2. The summed E-state index contributed by atoms with van der Waals surface area (Å²) in [5.41, 5.74) is 1.11. The second kappa shape index (κ2) is 6.27. The van der Waals surface area contributed by atoms with Crippen LogP contribution in [0.1, 0.15) is 24.8 Å². The Morgan fingerprint density at radius 2 is 2.35 bits per heavy atom. The first-order valence-electron chi connectivity index (χ1n) is 6.35. The minimum Gasteiger partial charge on any atom is -0.493 e. The molecule has 17 heavy (non-hydrogen) atoms. The molecule has 3 heteroatoms. The first-order chi connectivity index (χ1) is 8.25. The molecule has 2 nitrogen and oxygen atoms in total. The maximum Gasteiger partial charge on any atom is 0.122 e. The summed E-state index contributed by atoms with van der Waals surface area (Å²) in [4.78, 5) is 0. The molecule has 1 N–H and O–H groups in total. The Bertz CT molecular complexity index is 361. The van der Waals surface area contributed by atoms with Gasteiger partial charge in [0.25, 0.3) is 0 Å². The smallest absolute Gasteiger partial charge is 0.122 e. The average molecular weight is 254 g/mol. The largest absolute Gasteiger partial charge is 0.493 e. The van der Waals surface area contributed by atoms with Crippen molar-refractivity contribution in [1.29, 1.82) is 0 Å². The zero-order valence-electron chi connectivity index (χ0n) is 10.3. The standard InChI is InChI=1S/C14H20ClNO/c1-11-9-13(15)4-5-14(11)17-8-6-12-3-2-7-16-10-12/h4-5,9,12,16H,2-3,6-8,10H2,1H3/t12-/m1/s1. The molecule has 94 valence electrons. The topological polar surface area (TPSA) is 21.3 Å². The minimum atomic E-state index is 0.770. The minimum absolute atomic E-state index is 0.770. The van der Waals surface area contributed by atoms with Crippen molar-refractivity contribution >= 4 is 11.6 Å². The van der Waals surface area contributed by atoms with Crippen molar-refractivity contribution < 1.29 is 4.74 Å². The summed E-state index contributed by atoms with van der Waals surface area (Å²) < 4.78 is 5.81. The van der Waals surface area contributed by atoms with Crippen LogP contribution in [0.25, 0.3) is 0 Å². The monoisotopic (exact) mass is 253 g/mol. The van der Waals surface area contributed by atoms with Gasteiger partial charge in [-0.25, -0.2) is 0 Å². The van der Waals surface area contributed by atoms with Gasteiger partial charge in [0.15, 0.2) is 0 Å². The average Bonchev–Trinajstić information content (AvgIpc) is 2.33. The fraction of sp³-hybridized carbons (Fsp3) is 0.571. The third-order valence-electron chi connectivity index (χ3n) is 3.32. The molecule has 1 saturated heterocycles. The van der Waals surface area contributed by atoms with E-state index in [9.17, 15) is 0 Å². The third-order valence-corrected chi connectivity index (χ3v) is 3.55. The highest BCUT2D eigenvalue weighted by Gasteiger charge is 2.12. The van der Waals surface area contributed by atoms with Crippen LogP contribution in [-0.2, 0) is 0 Å². The van der Waals surface area contributed by atoms with E-state index in [1.807, 2.05) is 25.1 Å². The SMILES string of the molecule is Cc1cc(Cl)ccc1OCC[C@H]1CCCNC1. The number of hydrogen-bond acceptors (Lipinski definition) is 2. The van der Waals surface area contributed by atoms with E-state index >= 15 is 0 Å². The molecule has 0 unspecified atom stereocenters. The summed E-state index contributed by atoms with van der Waals surface area (Å²) in [5.74, 6) is 1.73. The van der Waals surface area contributed by atoms with Crippen molar-refractivity contribution in [3.8, 4) is 5.75 Å². The van der Waals surface area contributed by atoms with Gasteiger partial charge in [0.2, 0.25) is 0 Å². The van der Waals surface area contributed by atoms with E-state index in [0.717, 1.165) is 41.8 Å². The molecule has 0 aliphatic carbocycles. The number of ether oxygens (including phenoxy) is 1. The summed E-state index contributed by atoms with van der Waals surface area (Å²) in [6, 6.07) is 5.78. The van der Waals surface area contributed by atoms with Crippen LogP contribution in [0.2, 0.25) is 5.02 Å². The van der Waals surface area contributed by atoms with E-state index in [2.05, 4.69) is 5.32 Å². The highest BCUT2D eigenvalue weighted by atomic mass is 35.5. The summed E-state index contributed by atoms with van der Waals surface area (Å²) >= 11 is 5.91. The van der Waals surface area contributed by atoms with Gasteiger partial charge in [-0.1, -0.05) is 11.6 Å². The van der Waals surface area contributed by atoms with Crippen LogP contribution in [0.15, 0.2) is 18.2 Å². The lowest BCUT2D eigenvalue weighted by atomic mass is 9.97. The van der Waals surface area contributed by atoms with E-state index < -0.39 is 0 Å². The first-order valence-corrected chi connectivity index (χ1v) is 6.73. The molecule has 0 aromatic heterocycles. The van der Waals surface area contributed by atoms with E-state index in [-0.39, 0.29) is 0 Å². The molecule has 1 fully saturated rings. The van der Waals surface area contributed by atoms with Crippen LogP contribution in [-0.4, -0.2) is 19.7 Å². The van der Waals surface area contributed by atoms with Crippen molar-refractivity contribution in [1.82, 2.24) is 5.32 Å². The van der Waals surface area contributed by atoms with E-state index in [1.165, 1.54) is 19.4 Å². The van der Waals surface area contributed by atoms with Crippen molar-refractivity contribution in [2.45, 2.75) is 26.2 Å². The second-order valence-electron chi connectivity index (χ2n) is 4.76. The summed E-state index contributed by atoms with van der Waals surface area (Å²) in [5, 5.41) is 4.20. The lowest BCUT2D eigenvalue weighted by molar-refractivity contribution is 0.253. The number of aryl methyl sites for hydroxylation is 1. The Morgan fingerprint density at radius 3 is 3.06 bits per heavy atom. The van der Waals surface area contributed by atoms with Crippen LogP contribution in [0.4, 0.5) is 0 Å². The van der Waals surface area contributed by atoms with E-state index in [0.29, 0.717) is 0 Å². The van der Waals surface area contributed by atoms with Crippen LogP contribution < -0.4 is 10.1 Å². The van der Waals surface area contributed by atoms with Crippen molar-refractivity contribution in [2.24, 2.45) is 5.92 Å². The number of benzene rings is 1. The van der Waals surface area contributed by atoms with Gasteiger partial charge in [-0.2, -0.15) is 0 Å². The number of hydrogen-bond donors (Lipinski definition) is 1. The van der Waals surface area contributed by atoms with E-state index in [1.54, 1.807) is 0 Å². The molecule has 0 radical (unpaired) electrons. The van der Waals surface area contributed by atoms with Crippen LogP contribution in [0.5, 0.6) is 5.75 Å². The van der Waals surface area contributed by atoms with Crippen molar-refractivity contribution in [3.63, 3.8) is 0 Å². The molecule has 1 heterocycles. The van der Waals surface area contributed by atoms with Crippen molar-refractivity contribution in [3.05, 3.63) is 28.8 Å². The Kier molecular flexibility index (Phi) is 4.69. The predicted molar refractivity (Wildman–Crippen MR) is 71.9 cm³/mol. The molecule has 1 atom stereocenters. The summed E-state index contributed by atoms with van der Waals surface area (Å²) in [7, 11) is 0. The summed E-state index contributed by atoms with van der Waals surface area (Å²) in [6.45, 7) is 5.15. The maximum absolute atomic E-state index is 5.91. The Hall–Kier alpha value is -0.730. The van der Waals surface area contributed by atoms with Gasteiger partial charge < -0.3 is 10.1 Å². The van der Waals surface area contributed by atoms with Crippen LogP contribution in [0.3, 0.4) is 0 Å². The Morgan fingerprint density at radius 1 is 1.47 bits per heavy atom.